The van der Waals surface area contributed by atoms with Crippen LogP contribution in [-0.4, -0.2) is 4.40 Å². The van der Waals surface area contributed by atoms with Crippen molar-refractivity contribution in [2.24, 2.45) is 0 Å². The van der Waals surface area contributed by atoms with Crippen LogP contribution >= 0.6 is 0 Å². The van der Waals surface area contributed by atoms with Crippen LogP contribution in [0.1, 0.15) is 88.6 Å². The van der Waals surface area contributed by atoms with Crippen molar-refractivity contribution in [2.45, 2.75) is 83.6 Å². The molecule has 288 valence electrons. The highest BCUT2D eigenvalue weighted by molar-refractivity contribution is 6.35. The molecule has 4 heteroatoms. The summed E-state index contributed by atoms with van der Waals surface area (Å²) in [7, 11) is 0. The lowest BCUT2D eigenvalue weighted by Crippen LogP contribution is -2.49. The Morgan fingerprint density at radius 3 is 2.17 bits per heavy atom. The third-order valence-corrected chi connectivity index (χ3v) is 13.9. The number of aromatic nitrogens is 3. The normalized spacial score (nSPS) is 17.2. The second kappa shape index (κ2) is 11.9. The molecule has 10 aromatic rings. The topological polar surface area (TPSA) is 25.3 Å². The van der Waals surface area contributed by atoms with Gasteiger partial charge in [0.25, 0.3) is 0 Å². The molecule has 0 N–H and O–H groups in total. The molecule has 4 nitrogen and oxygen atoms in total. The number of allylic oxidation sites excluding steroid dienone is 1. The fourth-order valence-electron chi connectivity index (χ4n) is 10.9. The maximum atomic E-state index is 6.85. The maximum Gasteiger partial charge on any atom is 0.218 e. The van der Waals surface area contributed by atoms with Crippen LogP contribution in [0, 0.1) is 0 Å². The second-order valence-corrected chi connectivity index (χ2v) is 19.4. The first kappa shape index (κ1) is 34.8. The van der Waals surface area contributed by atoms with E-state index in [-0.39, 0.29) is 16.9 Å². The van der Waals surface area contributed by atoms with Crippen molar-refractivity contribution in [3.63, 3.8) is 0 Å². The summed E-state index contributed by atoms with van der Waals surface area (Å²) in [6, 6.07) is 44.0. The summed E-state index contributed by atoms with van der Waals surface area (Å²) in [6.45, 7) is 18.7. The van der Waals surface area contributed by atoms with Crippen LogP contribution in [-0.2, 0) is 17.3 Å². The van der Waals surface area contributed by atoms with Gasteiger partial charge in [-0.05, 0) is 113 Å². The van der Waals surface area contributed by atoms with Crippen molar-refractivity contribution in [1.82, 2.24) is 4.40 Å². The molecule has 0 bridgehead atoms. The van der Waals surface area contributed by atoms with Gasteiger partial charge in [0.2, 0.25) is 11.4 Å². The highest BCUT2D eigenvalue weighted by atomic mass is 16.3. The number of hydrogen-bond acceptors (Lipinski definition) is 1. The minimum absolute atomic E-state index is 0.00716. The number of aryl methyl sites for hydroxylation is 1. The van der Waals surface area contributed by atoms with Gasteiger partial charge in [-0.15, -0.1) is 0 Å². The molecule has 2 aliphatic rings. The van der Waals surface area contributed by atoms with Crippen molar-refractivity contribution < 1.29 is 13.6 Å². The number of hydrogen-bond donors (Lipinski definition) is 0. The lowest BCUT2D eigenvalue weighted by molar-refractivity contribution is -0.720. The Labute approximate surface area is 345 Å². The molecule has 0 saturated carbocycles. The SMILES string of the molecule is C=C1CC2C(CCc3cc4c(cc3-c3cccc[n+]31)c1c3c(cc5c6cc(C(C)(C)C)ccc6n4c51)oc1ccc(C(C)(C)C)cc13)c1ccccc1-c1cccc[n+]12. The molecule has 5 aromatic heterocycles. The Morgan fingerprint density at radius 2 is 1.36 bits per heavy atom. The number of rotatable bonds is 0. The van der Waals surface area contributed by atoms with E-state index in [4.69, 9.17) is 11.0 Å². The van der Waals surface area contributed by atoms with E-state index in [0.29, 0.717) is 5.92 Å². The molecule has 0 saturated heterocycles. The van der Waals surface area contributed by atoms with Crippen LogP contribution in [0.25, 0.3) is 88.2 Å². The molecular weight excluding hydrogens is 719 g/mol. The lowest BCUT2D eigenvalue weighted by atomic mass is 9.77. The molecule has 2 aliphatic heterocycles. The lowest BCUT2D eigenvalue weighted by Gasteiger charge is -2.31. The predicted molar refractivity (Wildman–Crippen MR) is 244 cm³/mol. The first-order valence-electron chi connectivity index (χ1n) is 21.4. The molecule has 7 heterocycles. The van der Waals surface area contributed by atoms with E-state index in [0.717, 1.165) is 36.1 Å². The fraction of sp³-hybridized carbons (Fsp3) is 0.236. The summed E-state index contributed by atoms with van der Waals surface area (Å²) in [5.74, 6) is 0.330. The zero-order chi connectivity index (χ0) is 40.1. The molecule has 12 rings (SSSR count). The van der Waals surface area contributed by atoms with Gasteiger partial charge in [0.05, 0.1) is 28.5 Å². The van der Waals surface area contributed by atoms with Gasteiger partial charge in [-0.1, -0.05) is 71.9 Å². The van der Waals surface area contributed by atoms with Gasteiger partial charge in [0.15, 0.2) is 24.1 Å². The van der Waals surface area contributed by atoms with Crippen molar-refractivity contribution in [3.8, 4) is 22.5 Å². The quantitative estimate of drug-likeness (QED) is 0.141. The van der Waals surface area contributed by atoms with Crippen LogP contribution in [0.4, 0.5) is 0 Å². The summed E-state index contributed by atoms with van der Waals surface area (Å²) < 4.78 is 14.3. The molecule has 0 amide bonds. The zero-order valence-electron chi connectivity index (χ0n) is 34.9. The Hall–Kier alpha value is -6.26. The second-order valence-electron chi connectivity index (χ2n) is 19.4. The van der Waals surface area contributed by atoms with Crippen LogP contribution in [0.5, 0.6) is 0 Å². The fourth-order valence-corrected chi connectivity index (χ4v) is 10.9. The number of fused-ring (bicyclic) bond motifs is 19. The minimum Gasteiger partial charge on any atom is -0.456 e. The minimum atomic E-state index is 0.00716. The van der Waals surface area contributed by atoms with Gasteiger partial charge in [0, 0.05) is 68.1 Å². The van der Waals surface area contributed by atoms with E-state index in [1.54, 1.807) is 0 Å². The average Bonchev–Trinajstić information content (AvgIpc) is 3.87. The van der Waals surface area contributed by atoms with E-state index in [9.17, 15) is 0 Å². The van der Waals surface area contributed by atoms with E-state index in [1.807, 2.05) is 0 Å². The van der Waals surface area contributed by atoms with Crippen LogP contribution < -0.4 is 9.13 Å². The number of nitrogens with zero attached hydrogens (tertiary/aromatic N) is 3. The van der Waals surface area contributed by atoms with E-state index >= 15 is 0 Å². The molecule has 59 heavy (non-hydrogen) atoms. The van der Waals surface area contributed by atoms with Gasteiger partial charge in [0.1, 0.15) is 11.2 Å². The van der Waals surface area contributed by atoms with E-state index in [1.165, 1.54) is 93.6 Å². The van der Waals surface area contributed by atoms with Gasteiger partial charge in [-0.2, -0.15) is 9.13 Å². The van der Waals surface area contributed by atoms with Crippen molar-refractivity contribution in [3.05, 3.63) is 156 Å². The Bertz CT molecular complexity index is 3420. The smallest absolute Gasteiger partial charge is 0.218 e. The number of benzene rings is 5. The third kappa shape index (κ3) is 4.89. The Morgan fingerprint density at radius 1 is 0.627 bits per heavy atom. The molecule has 0 spiro atoms. The summed E-state index contributed by atoms with van der Waals surface area (Å²) in [5.41, 5.74) is 17.4. The molecule has 0 aliphatic carbocycles. The van der Waals surface area contributed by atoms with E-state index < -0.39 is 0 Å². The summed E-state index contributed by atoms with van der Waals surface area (Å²) in [4.78, 5) is 0. The Balaban J connectivity index is 1.19. The van der Waals surface area contributed by atoms with E-state index in [2.05, 4.69) is 183 Å². The summed E-state index contributed by atoms with van der Waals surface area (Å²) >= 11 is 0. The van der Waals surface area contributed by atoms with Crippen LogP contribution in [0.15, 0.2) is 139 Å². The molecule has 2 atom stereocenters. The standard InChI is InChI=1S/C55H49N3O/c1-32-26-47-38(36-14-8-9-15-37(36)44-16-11-13-25-57(44)47)21-18-33-27-48-42(30-39(33)45-17-10-12-24-56(32)45)52-51-43-29-35(55(5,6)7)20-23-49(43)59-50(51)31-41-40-28-34(54(2,3)4)19-22-46(40)58(48)53(41)52/h8-17,19-20,22-25,27-31,38,47H,1,18,21,26H2,2-7H3/q+2. The van der Waals surface area contributed by atoms with Gasteiger partial charge in [-0.3, -0.25) is 0 Å². The van der Waals surface area contributed by atoms with Gasteiger partial charge >= 0.3 is 0 Å². The molecule has 0 radical (unpaired) electrons. The highest BCUT2D eigenvalue weighted by Gasteiger charge is 2.42. The van der Waals surface area contributed by atoms with Crippen LogP contribution in [0.3, 0.4) is 0 Å². The van der Waals surface area contributed by atoms with Crippen LogP contribution in [0.2, 0.25) is 0 Å². The molecular formula is C55H49N3O+2. The van der Waals surface area contributed by atoms with Crippen molar-refractivity contribution in [1.29, 1.82) is 0 Å². The highest BCUT2D eigenvalue weighted by Crippen LogP contribution is 2.49. The summed E-state index contributed by atoms with van der Waals surface area (Å²) in [5, 5.41) is 7.48. The third-order valence-electron chi connectivity index (χ3n) is 13.9. The first-order chi connectivity index (χ1) is 28.4. The maximum absolute atomic E-state index is 6.85. The molecule has 5 aromatic carbocycles. The number of pyridine rings is 2. The predicted octanol–water partition coefficient (Wildman–Crippen LogP) is 13.4. The zero-order valence-corrected chi connectivity index (χ0v) is 34.9. The van der Waals surface area contributed by atoms with Crippen molar-refractivity contribution >= 4 is 65.7 Å². The Kier molecular flexibility index (Phi) is 7.02. The monoisotopic (exact) mass is 767 g/mol. The van der Waals surface area contributed by atoms with Gasteiger partial charge in [-0.25, -0.2) is 0 Å². The van der Waals surface area contributed by atoms with Crippen molar-refractivity contribution in [2.75, 3.05) is 0 Å². The molecule has 0 fully saturated rings. The van der Waals surface area contributed by atoms with Gasteiger partial charge < -0.3 is 8.82 Å². The molecule has 2 unspecified atom stereocenters. The number of furan rings is 1. The first-order valence-corrected chi connectivity index (χ1v) is 21.4. The largest absolute Gasteiger partial charge is 0.456 e. The average molecular weight is 768 g/mol. The summed E-state index contributed by atoms with van der Waals surface area (Å²) in [6.07, 6.45) is 7.35.